The molecule has 2 aliphatic rings. The summed E-state index contributed by atoms with van der Waals surface area (Å²) >= 11 is 0. The third kappa shape index (κ3) is 4.04. The van der Waals surface area contributed by atoms with Gasteiger partial charge in [-0.05, 0) is 43.7 Å². The van der Waals surface area contributed by atoms with E-state index in [1.54, 1.807) is 6.08 Å². The van der Waals surface area contributed by atoms with Crippen molar-refractivity contribution in [3.63, 3.8) is 0 Å². The average molecular weight is 390 g/mol. The lowest BCUT2D eigenvalue weighted by Gasteiger charge is -2.16. The number of aryl methyl sites for hydroxylation is 1. The maximum absolute atomic E-state index is 12.8. The van der Waals surface area contributed by atoms with Crippen molar-refractivity contribution in [2.75, 3.05) is 13.1 Å². The van der Waals surface area contributed by atoms with Crippen molar-refractivity contribution in [1.82, 2.24) is 14.8 Å². The van der Waals surface area contributed by atoms with Gasteiger partial charge in [-0.25, -0.2) is 0 Å². The highest BCUT2D eigenvalue weighted by Crippen LogP contribution is 2.28. The second-order valence-corrected chi connectivity index (χ2v) is 7.88. The number of carbonyl (C=O) groups is 2. The van der Waals surface area contributed by atoms with Gasteiger partial charge in [0.05, 0.1) is 5.52 Å². The Morgan fingerprint density at radius 3 is 2.69 bits per heavy atom. The molecule has 1 saturated carbocycles. The molecule has 4 rings (SSSR count). The number of likely N-dealkylation sites (tertiary alicyclic amines) is 1. The Bertz CT molecular complexity index is 1020. The second-order valence-electron chi connectivity index (χ2n) is 7.88. The van der Waals surface area contributed by atoms with Crippen molar-refractivity contribution in [3.05, 3.63) is 41.1 Å². The fourth-order valence-electron chi connectivity index (χ4n) is 4.00. The maximum Gasteiger partial charge on any atom is 0.262 e. The molecule has 1 aliphatic heterocycles. The summed E-state index contributed by atoms with van der Waals surface area (Å²) in [4.78, 5) is 27.0. The van der Waals surface area contributed by atoms with Crippen LogP contribution in [0.25, 0.3) is 17.0 Å². The van der Waals surface area contributed by atoms with Crippen molar-refractivity contribution in [1.29, 1.82) is 5.26 Å². The van der Waals surface area contributed by atoms with E-state index in [4.69, 9.17) is 0 Å². The number of para-hydroxylation sites is 1. The molecule has 1 aromatic heterocycles. The average Bonchev–Trinajstić information content (AvgIpc) is 3.24. The summed E-state index contributed by atoms with van der Waals surface area (Å²) in [5.74, 6) is -0.205. The molecule has 1 aromatic carbocycles. The van der Waals surface area contributed by atoms with Crippen LogP contribution in [0.15, 0.2) is 30.0 Å². The predicted molar refractivity (Wildman–Crippen MR) is 112 cm³/mol. The summed E-state index contributed by atoms with van der Waals surface area (Å²) in [6, 6.07) is 8.28. The van der Waals surface area contributed by atoms with Crippen LogP contribution < -0.4 is 5.32 Å². The van der Waals surface area contributed by atoms with Gasteiger partial charge in [-0.1, -0.05) is 25.1 Å². The van der Waals surface area contributed by atoms with Gasteiger partial charge in [-0.2, -0.15) is 5.26 Å². The van der Waals surface area contributed by atoms with E-state index in [1.807, 2.05) is 33.9 Å². The monoisotopic (exact) mass is 390 g/mol. The first-order valence-corrected chi connectivity index (χ1v) is 10.4. The number of rotatable bonds is 6. The van der Waals surface area contributed by atoms with Crippen molar-refractivity contribution in [3.8, 4) is 6.07 Å². The fraction of sp³-hybridized carbons (Fsp3) is 0.435. The molecule has 0 radical (unpaired) electrons. The smallest absolute Gasteiger partial charge is 0.262 e. The molecule has 6 heteroatoms. The summed E-state index contributed by atoms with van der Waals surface area (Å²) in [6.45, 7) is 4.02. The lowest BCUT2D eigenvalue weighted by Crippen LogP contribution is -2.30. The summed E-state index contributed by atoms with van der Waals surface area (Å²) in [5, 5.41) is 13.4. The van der Waals surface area contributed by atoms with E-state index in [9.17, 15) is 14.9 Å². The number of amides is 2. The standard InChI is InChI=1S/C23H26N4O2/c1-2-16-6-5-7-20-18(12-17(13-24)23(29)25-19-8-9-19)14-27(22(16)20)15-21(28)26-10-3-4-11-26/h5-7,12,14,19H,2-4,8-11,15H2,1H3,(H,25,29)/b17-12+. The number of nitriles is 1. The van der Waals surface area contributed by atoms with Crippen molar-refractivity contribution in [2.24, 2.45) is 0 Å². The topological polar surface area (TPSA) is 78.1 Å². The number of fused-ring (bicyclic) bond motifs is 1. The molecule has 2 fully saturated rings. The SMILES string of the molecule is CCc1cccc2c(/C=C(\C#N)C(=O)NC3CC3)cn(CC(=O)N3CCCC3)c12. The summed E-state index contributed by atoms with van der Waals surface area (Å²) in [6.07, 6.45) is 8.47. The zero-order chi connectivity index (χ0) is 20.4. The molecule has 1 N–H and O–H groups in total. The second kappa shape index (κ2) is 8.12. The summed E-state index contributed by atoms with van der Waals surface area (Å²) in [7, 11) is 0. The Labute approximate surface area is 170 Å². The highest BCUT2D eigenvalue weighted by Gasteiger charge is 2.25. The molecule has 29 heavy (non-hydrogen) atoms. The lowest BCUT2D eigenvalue weighted by atomic mass is 10.1. The van der Waals surface area contributed by atoms with Crippen LogP contribution in [0.2, 0.25) is 0 Å². The quantitative estimate of drug-likeness (QED) is 0.608. The first-order valence-electron chi connectivity index (χ1n) is 10.4. The van der Waals surface area contributed by atoms with Crippen molar-refractivity contribution >= 4 is 28.8 Å². The van der Waals surface area contributed by atoms with Crippen molar-refractivity contribution in [2.45, 2.75) is 51.6 Å². The van der Waals surface area contributed by atoms with Crippen LogP contribution in [0.5, 0.6) is 0 Å². The zero-order valence-corrected chi connectivity index (χ0v) is 16.8. The van der Waals surface area contributed by atoms with Gasteiger partial charge in [0, 0.05) is 36.3 Å². The largest absolute Gasteiger partial charge is 0.349 e. The minimum absolute atomic E-state index is 0.101. The first-order chi connectivity index (χ1) is 14.1. The molecule has 1 saturated heterocycles. The number of benzene rings is 1. The highest BCUT2D eigenvalue weighted by molar-refractivity contribution is 6.04. The Morgan fingerprint density at radius 2 is 2.03 bits per heavy atom. The van der Waals surface area contributed by atoms with Gasteiger partial charge in [0.2, 0.25) is 5.91 Å². The highest BCUT2D eigenvalue weighted by atomic mass is 16.2. The molecular weight excluding hydrogens is 364 g/mol. The first kappa shape index (κ1) is 19.3. The van der Waals surface area contributed by atoms with Gasteiger partial charge in [-0.15, -0.1) is 0 Å². The Hall–Kier alpha value is -3.07. The predicted octanol–water partition coefficient (Wildman–Crippen LogP) is 3.01. The molecular formula is C23H26N4O2. The molecule has 0 unspecified atom stereocenters. The van der Waals surface area contributed by atoms with Crippen LogP contribution in [0, 0.1) is 11.3 Å². The number of aromatic nitrogens is 1. The van der Waals surface area contributed by atoms with E-state index < -0.39 is 0 Å². The van der Waals surface area contributed by atoms with Crippen LogP contribution in [0.3, 0.4) is 0 Å². The van der Waals surface area contributed by atoms with E-state index in [-0.39, 0.29) is 30.0 Å². The molecule has 2 heterocycles. The third-order valence-electron chi connectivity index (χ3n) is 5.74. The lowest BCUT2D eigenvalue weighted by molar-refractivity contribution is -0.130. The van der Waals surface area contributed by atoms with Gasteiger partial charge in [-0.3, -0.25) is 9.59 Å². The van der Waals surface area contributed by atoms with E-state index in [1.165, 1.54) is 0 Å². The van der Waals surface area contributed by atoms with Gasteiger partial charge >= 0.3 is 0 Å². The molecule has 1 aliphatic carbocycles. The van der Waals surface area contributed by atoms with Gasteiger partial charge in [0.25, 0.3) is 5.91 Å². The molecule has 0 atom stereocenters. The van der Waals surface area contributed by atoms with Crippen LogP contribution in [-0.4, -0.2) is 40.4 Å². The molecule has 2 aromatic rings. The van der Waals surface area contributed by atoms with E-state index in [2.05, 4.69) is 18.3 Å². The number of carbonyl (C=O) groups excluding carboxylic acids is 2. The van der Waals surface area contributed by atoms with E-state index >= 15 is 0 Å². The Kier molecular flexibility index (Phi) is 5.39. The maximum atomic E-state index is 12.8. The fourth-order valence-corrected chi connectivity index (χ4v) is 4.00. The Balaban J connectivity index is 1.72. The number of nitrogens with zero attached hydrogens (tertiary/aromatic N) is 3. The van der Waals surface area contributed by atoms with Gasteiger partial charge in [0.15, 0.2) is 0 Å². The van der Waals surface area contributed by atoms with E-state index in [0.717, 1.165) is 67.2 Å². The van der Waals surface area contributed by atoms with Gasteiger partial charge < -0.3 is 14.8 Å². The van der Waals surface area contributed by atoms with Crippen molar-refractivity contribution < 1.29 is 9.59 Å². The summed E-state index contributed by atoms with van der Waals surface area (Å²) < 4.78 is 1.98. The molecule has 0 spiro atoms. The normalized spacial score (nSPS) is 16.8. The molecule has 6 nitrogen and oxygen atoms in total. The molecule has 150 valence electrons. The number of nitrogens with one attached hydrogen (secondary N) is 1. The van der Waals surface area contributed by atoms with Crippen LogP contribution >= 0.6 is 0 Å². The molecule has 2 amide bonds. The molecule has 0 bridgehead atoms. The van der Waals surface area contributed by atoms with Crippen LogP contribution in [0.1, 0.15) is 43.7 Å². The van der Waals surface area contributed by atoms with Gasteiger partial charge in [0.1, 0.15) is 18.2 Å². The third-order valence-corrected chi connectivity index (χ3v) is 5.74. The Morgan fingerprint density at radius 1 is 1.28 bits per heavy atom. The van der Waals surface area contributed by atoms with E-state index in [0.29, 0.717) is 0 Å². The minimum atomic E-state index is -0.323. The van der Waals surface area contributed by atoms with Crippen LogP contribution in [0.4, 0.5) is 0 Å². The minimum Gasteiger partial charge on any atom is -0.349 e. The number of hydrogen-bond donors (Lipinski definition) is 1. The number of hydrogen-bond acceptors (Lipinski definition) is 3. The van der Waals surface area contributed by atoms with Crippen LogP contribution in [-0.2, 0) is 22.6 Å². The zero-order valence-electron chi connectivity index (χ0n) is 16.8. The summed E-state index contributed by atoms with van der Waals surface area (Å²) in [5.41, 5.74) is 3.06.